The van der Waals surface area contributed by atoms with Gasteiger partial charge in [0.1, 0.15) is 6.54 Å². The molecule has 1 amide bonds. The van der Waals surface area contributed by atoms with E-state index in [4.69, 9.17) is 5.11 Å². The fourth-order valence-corrected chi connectivity index (χ4v) is 4.39. The van der Waals surface area contributed by atoms with Crippen LogP contribution in [-0.4, -0.2) is 59.0 Å². The maximum Gasteiger partial charge on any atom is 0.323 e. The highest BCUT2D eigenvalue weighted by Crippen LogP contribution is 2.51. The molecule has 1 aromatic rings. The number of hydrogen-bond donors (Lipinski definition) is 1. The van der Waals surface area contributed by atoms with Gasteiger partial charge in [-0.1, -0.05) is 6.07 Å². The van der Waals surface area contributed by atoms with Crippen LogP contribution in [0.25, 0.3) is 0 Å². The average Bonchev–Trinajstić information content (AvgIpc) is 2.84. The predicted molar refractivity (Wildman–Crippen MR) is 96.6 cm³/mol. The summed E-state index contributed by atoms with van der Waals surface area (Å²) in [5.74, 6) is -0.958. The largest absolute Gasteiger partial charge is 0.480 e. The zero-order valence-corrected chi connectivity index (χ0v) is 15.6. The number of carbonyl (C=O) groups excluding carboxylic acids is 1. The van der Waals surface area contributed by atoms with Crippen LogP contribution in [0.1, 0.15) is 37.8 Å². The number of nitrogens with zero attached hydrogens (tertiary/aromatic N) is 3. The third-order valence-electron chi connectivity index (χ3n) is 5.87. The molecule has 0 bridgehead atoms. The zero-order valence-electron chi connectivity index (χ0n) is 14.8. The normalized spacial score (nSPS) is 29.1. The molecule has 1 aromatic heterocycles. The Balaban J connectivity index is 0.00000225. The van der Waals surface area contributed by atoms with Crippen molar-refractivity contribution in [2.24, 2.45) is 5.41 Å². The Morgan fingerprint density at radius 1 is 1.28 bits per heavy atom. The number of carboxylic acid groups (broad SMARTS) is 1. The number of amides is 1. The topological polar surface area (TPSA) is 73.7 Å². The number of pyridine rings is 1. The van der Waals surface area contributed by atoms with E-state index in [1.165, 1.54) is 4.90 Å². The van der Waals surface area contributed by atoms with Crippen molar-refractivity contribution >= 4 is 24.3 Å². The van der Waals surface area contributed by atoms with E-state index in [9.17, 15) is 9.59 Å². The molecule has 1 spiro atoms. The lowest BCUT2D eigenvalue weighted by Crippen LogP contribution is -2.48. The van der Waals surface area contributed by atoms with E-state index in [-0.39, 0.29) is 35.8 Å². The lowest BCUT2D eigenvalue weighted by Gasteiger charge is -2.48. The Kier molecular flexibility index (Phi) is 5.74. The first-order chi connectivity index (χ1) is 11.4. The number of hydrogen-bond acceptors (Lipinski definition) is 4. The number of rotatable bonds is 4. The molecule has 6 nitrogen and oxygen atoms in total. The maximum atomic E-state index is 12.2. The summed E-state index contributed by atoms with van der Waals surface area (Å²) in [6.07, 6.45) is 6.02. The van der Waals surface area contributed by atoms with Gasteiger partial charge in [-0.3, -0.25) is 19.5 Å². The first kappa shape index (κ1) is 19.7. The molecule has 25 heavy (non-hydrogen) atoms. The summed E-state index contributed by atoms with van der Waals surface area (Å²) in [4.78, 5) is 31.5. The number of halogens is 1. The van der Waals surface area contributed by atoms with Gasteiger partial charge in [0.05, 0.1) is 11.2 Å². The van der Waals surface area contributed by atoms with E-state index >= 15 is 0 Å². The van der Waals surface area contributed by atoms with Crippen molar-refractivity contribution < 1.29 is 14.7 Å². The second kappa shape index (κ2) is 7.30. The van der Waals surface area contributed by atoms with Crippen LogP contribution in [0, 0.1) is 5.41 Å². The van der Waals surface area contributed by atoms with Gasteiger partial charge in [0.25, 0.3) is 0 Å². The van der Waals surface area contributed by atoms with Gasteiger partial charge in [0, 0.05) is 19.2 Å². The van der Waals surface area contributed by atoms with Crippen molar-refractivity contribution in [3.05, 3.63) is 30.1 Å². The van der Waals surface area contributed by atoms with E-state index in [1.54, 1.807) is 0 Å². The molecular formula is C18H26ClN3O3. The van der Waals surface area contributed by atoms with E-state index < -0.39 is 5.97 Å². The molecule has 1 saturated heterocycles. The number of likely N-dealkylation sites (tertiary alicyclic amines) is 1. The number of aliphatic carboxylic acids is 1. The van der Waals surface area contributed by atoms with Crippen LogP contribution in [0.2, 0.25) is 0 Å². The second-order valence-corrected chi connectivity index (χ2v) is 7.46. The SMILES string of the molecule is CN(C)C1(c2ccccn2)CCC2(CC1)CC(=O)N(CC(=O)O)C2.Cl. The molecule has 2 heterocycles. The monoisotopic (exact) mass is 367 g/mol. The minimum absolute atomic E-state index is 0. The summed E-state index contributed by atoms with van der Waals surface area (Å²) < 4.78 is 0. The van der Waals surface area contributed by atoms with Crippen LogP contribution in [-0.2, 0) is 15.1 Å². The quantitative estimate of drug-likeness (QED) is 0.882. The summed E-state index contributed by atoms with van der Waals surface area (Å²) in [5, 5.41) is 8.97. The smallest absolute Gasteiger partial charge is 0.323 e. The third kappa shape index (κ3) is 3.65. The average molecular weight is 368 g/mol. The standard InChI is InChI=1S/C18H25N3O3.ClH/c1-20(2)18(14-5-3-4-10-19-14)8-6-17(7-9-18)11-15(22)21(13-17)12-16(23)24;/h3-5,10H,6-9,11-13H2,1-2H3,(H,23,24);1H. The summed E-state index contributed by atoms with van der Waals surface area (Å²) in [7, 11) is 4.17. The molecule has 1 aliphatic carbocycles. The highest BCUT2D eigenvalue weighted by Gasteiger charge is 2.50. The number of aromatic nitrogens is 1. The molecule has 0 unspecified atom stereocenters. The van der Waals surface area contributed by atoms with Crippen LogP contribution in [0.15, 0.2) is 24.4 Å². The maximum absolute atomic E-state index is 12.2. The van der Waals surface area contributed by atoms with Crippen molar-refractivity contribution in [1.82, 2.24) is 14.8 Å². The summed E-state index contributed by atoms with van der Waals surface area (Å²) in [6.45, 7) is 0.392. The highest BCUT2D eigenvalue weighted by molar-refractivity contribution is 5.85. The molecule has 0 aromatic carbocycles. The highest BCUT2D eigenvalue weighted by atomic mass is 35.5. The van der Waals surface area contributed by atoms with Crippen LogP contribution in [0.3, 0.4) is 0 Å². The molecular weight excluding hydrogens is 342 g/mol. The molecule has 3 rings (SSSR count). The fraction of sp³-hybridized carbons (Fsp3) is 0.611. The van der Waals surface area contributed by atoms with Gasteiger partial charge in [-0.2, -0.15) is 0 Å². The summed E-state index contributed by atoms with van der Waals surface area (Å²) in [6, 6.07) is 6.02. The van der Waals surface area contributed by atoms with Crippen molar-refractivity contribution in [3.63, 3.8) is 0 Å². The van der Waals surface area contributed by atoms with E-state index in [1.807, 2.05) is 18.3 Å². The van der Waals surface area contributed by atoms with Crippen molar-refractivity contribution in [2.45, 2.75) is 37.6 Å². The lowest BCUT2D eigenvalue weighted by molar-refractivity contribution is -0.142. The molecule has 2 aliphatic rings. The first-order valence-corrected chi connectivity index (χ1v) is 8.45. The van der Waals surface area contributed by atoms with Gasteiger partial charge in [-0.05, 0) is 57.3 Å². The Bertz CT molecular complexity index is 628. The van der Waals surface area contributed by atoms with Crippen LogP contribution in [0.4, 0.5) is 0 Å². The Labute approximate surface area is 154 Å². The van der Waals surface area contributed by atoms with Gasteiger partial charge in [0.2, 0.25) is 5.91 Å². The fourth-order valence-electron chi connectivity index (χ4n) is 4.39. The Morgan fingerprint density at radius 2 is 1.96 bits per heavy atom. The Morgan fingerprint density at radius 3 is 2.48 bits per heavy atom. The number of carboxylic acids is 1. The van der Waals surface area contributed by atoms with Gasteiger partial charge >= 0.3 is 5.97 Å². The molecule has 138 valence electrons. The molecule has 0 radical (unpaired) electrons. The number of carbonyl (C=O) groups is 2. The Hall–Kier alpha value is -1.66. The van der Waals surface area contributed by atoms with E-state index in [2.05, 4.69) is 30.0 Å². The summed E-state index contributed by atoms with van der Waals surface area (Å²) in [5.41, 5.74) is 0.910. The van der Waals surface area contributed by atoms with Gasteiger partial charge in [0.15, 0.2) is 0 Å². The first-order valence-electron chi connectivity index (χ1n) is 8.45. The minimum Gasteiger partial charge on any atom is -0.480 e. The van der Waals surface area contributed by atoms with Gasteiger partial charge < -0.3 is 10.0 Å². The van der Waals surface area contributed by atoms with Crippen molar-refractivity contribution in [3.8, 4) is 0 Å². The third-order valence-corrected chi connectivity index (χ3v) is 5.87. The molecule has 1 aliphatic heterocycles. The second-order valence-electron chi connectivity index (χ2n) is 7.46. The molecule has 2 fully saturated rings. The van der Waals surface area contributed by atoms with Gasteiger partial charge in [-0.15, -0.1) is 12.4 Å². The van der Waals surface area contributed by atoms with Gasteiger partial charge in [-0.25, -0.2) is 0 Å². The van der Waals surface area contributed by atoms with Crippen LogP contribution in [0.5, 0.6) is 0 Å². The van der Waals surface area contributed by atoms with Crippen molar-refractivity contribution in [2.75, 3.05) is 27.2 Å². The zero-order chi connectivity index (χ0) is 17.4. The minimum atomic E-state index is -0.938. The predicted octanol–water partition coefficient (Wildman–Crippen LogP) is 2.14. The van der Waals surface area contributed by atoms with E-state index in [0.717, 1.165) is 31.4 Å². The molecule has 1 N–H and O–H groups in total. The van der Waals surface area contributed by atoms with Crippen LogP contribution < -0.4 is 0 Å². The molecule has 7 heteroatoms. The van der Waals surface area contributed by atoms with Crippen LogP contribution >= 0.6 is 12.4 Å². The summed E-state index contributed by atoms with van der Waals surface area (Å²) >= 11 is 0. The lowest BCUT2D eigenvalue weighted by atomic mass is 9.65. The molecule has 1 saturated carbocycles. The van der Waals surface area contributed by atoms with E-state index in [0.29, 0.717) is 13.0 Å². The molecule has 0 atom stereocenters. The van der Waals surface area contributed by atoms with Crippen molar-refractivity contribution in [1.29, 1.82) is 0 Å².